The summed E-state index contributed by atoms with van der Waals surface area (Å²) in [6.45, 7) is 7.90. The van der Waals surface area contributed by atoms with Gasteiger partial charge >= 0.3 is 0 Å². The van der Waals surface area contributed by atoms with Gasteiger partial charge in [-0.15, -0.1) is 11.3 Å². The highest BCUT2D eigenvalue weighted by molar-refractivity contribution is 7.21. The predicted octanol–water partition coefficient (Wildman–Crippen LogP) is 5.36. The standard InChI is InChI=1S/C19H18N2O2S.C7H13N/c1-11(2)19(23)21-14-7-3-5-12(9-14)15-8-4-6-13-10-16(18(20)22)24-17(13)15;1-4-8-5-2-7(1)3-6-8/h3-11H,1-2H3,(H2,20,22)(H,21,23);7H,1-6H2. The summed E-state index contributed by atoms with van der Waals surface area (Å²) in [5.74, 6) is 0.602. The van der Waals surface area contributed by atoms with Crippen LogP contribution in [-0.2, 0) is 4.79 Å². The van der Waals surface area contributed by atoms with Crippen LogP contribution in [0.2, 0.25) is 0 Å². The lowest BCUT2D eigenvalue weighted by atomic mass is 9.89. The van der Waals surface area contributed by atoms with Gasteiger partial charge in [0.25, 0.3) is 5.91 Å². The fraction of sp³-hybridized carbons (Fsp3) is 0.385. The Morgan fingerprint density at radius 2 is 1.72 bits per heavy atom. The van der Waals surface area contributed by atoms with E-state index in [0.717, 1.165) is 32.8 Å². The molecular weight excluding hydrogens is 418 g/mol. The summed E-state index contributed by atoms with van der Waals surface area (Å²) in [7, 11) is 0. The molecule has 0 unspecified atom stereocenters. The first-order valence-corrected chi connectivity index (χ1v) is 12.2. The van der Waals surface area contributed by atoms with Crippen LogP contribution >= 0.6 is 11.3 Å². The lowest BCUT2D eigenvalue weighted by molar-refractivity contribution is -0.118. The molecule has 4 heterocycles. The van der Waals surface area contributed by atoms with Crippen molar-refractivity contribution in [2.75, 3.05) is 25.0 Å². The van der Waals surface area contributed by atoms with Gasteiger partial charge in [-0.25, -0.2) is 0 Å². The van der Waals surface area contributed by atoms with Crippen LogP contribution in [0.1, 0.15) is 42.8 Å². The second-order valence-corrected chi connectivity index (χ2v) is 10.0. The molecule has 6 rings (SSSR count). The maximum atomic E-state index is 11.9. The van der Waals surface area contributed by atoms with Gasteiger partial charge in [-0.05, 0) is 79.5 Å². The van der Waals surface area contributed by atoms with E-state index in [9.17, 15) is 9.59 Å². The highest BCUT2D eigenvalue weighted by atomic mass is 32.1. The van der Waals surface area contributed by atoms with Crippen LogP contribution in [0.3, 0.4) is 0 Å². The third-order valence-corrected chi connectivity index (χ3v) is 7.51. The van der Waals surface area contributed by atoms with E-state index in [1.807, 2.05) is 62.4 Å². The van der Waals surface area contributed by atoms with Crippen molar-refractivity contribution in [3.8, 4) is 11.1 Å². The Morgan fingerprint density at radius 3 is 2.28 bits per heavy atom. The molecule has 0 atom stereocenters. The number of carbonyl (C=O) groups is 2. The van der Waals surface area contributed by atoms with Crippen molar-refractivity contribution in [3.63, 3.8) is 0 Å². The summed E-state index contributed by atoms with van der Waals surface area (Å²) >= 11 is 1.39. The van der Waals surface area contributed by atoms with Gasteiger partial charge in [-0.3, -0.25) is 9.59 Å². The summed E-state index contributed by atoms with van der Waals surface area (Å²) in [5, 5.41) is 3.90. The molecule has 3 fully saturated rings. The number of anilines is 1. The van der Waals surface area contributed by atoms with Gasteiger partial charge in [-0.2, -0.15) is 0 Å². The first-order chi connectivity index (χ1) is 15.4. The minimum Gasteiger partial charge on any atom is -0.365 e. The lowest BCUT2D eigenvalue weighted by Gasteiger charge is -2.38. The van der Waals surface area contributed by atoms with E-state index in [0.29, 0.717) is 4.88 Å². The molecule has 6 heteroatoms. The van der Waals surface area contributed by atoms with Crippen LogP contribution < -0.4 is 11.1 Å². The van der Waals surface area contributed by atoms with Gasteiger partial charge in [0.1, 0.15) is 0 Å². The number of nitrogens with one attached hydrogen (secondary N) is 1. The average Bonchev–Trinajstić information content (AvgIpc) is 3.26. The molecule has 3 N–H and O–H groups in total. The third kappa shape index (κ3) is 5.19. The highest BCUT2D eigenvalue weighted by Gasteiger charge is 2.24. The maximum absolute atomic E-state index is 11.9. The zero-order valence-corrected chi connectivity index (χ0v) is 19.6. The van der Waals surface area contributed by atoms with Crippen molar-refractivity contribution in [1.82, 2.24) is 4.90 Å². The molecule has 0 radical (unpaired) electrons. The van der Waals surface area contributed by atoms with E-state index in [-0.39, 0.29) is 11.8 Å². The summed E-state index contributed by atoms with van der Waals surface area (Å²) in [6.07, 6.45) is 4.46. The zero-order chi connectivity index (χ0) is 22.7. The molecule has 3 aliphatic heterocycles. The molecule has 32 heavy (non-hydrogen) atoms. The molecule has 3 saturated heterocycles. The van der Waals surface area contributed by atoms with E-state index in [2.05, 4.69) is 10.2 Å². The van der Waals surface area contributed by atoms with Crippen molar-refractivity contribution < 1.29 is 9.59 Å². The molecule has 3 aromatic rings. The van der Waals surface area contributed by atoms with Crippen molar-refractivity contribution in [1.29, 1.82) is 0 Å². The number of nitrogens with two attached hydrogens (primary N) is 1. The number of amides is 2. The summed E-state index contributed by atoms with van der Waals surface area (Å²) in [4.78, 5) is 26.5. The smallest absolute Gasteiger partial charge is 0.258 e. The molecule has 3 aliphatic rings. The number of piperidine rings is 3. The first kappa shape index (κ1) is 22.5. The fourth-order valence-electron chi connectivity index (χ4n) is 4.33. The molecule has 2 aromatic carbocycles. The Labute approximate surface area is 193 Å². The van der Waals surface area contributed by atoms with Crippen molar-refractivity contribution in [3.05, 3.63) is 53.4 Å². The maximum Gasteiger partial charge on any atom is 0.258 e. The molecule has 2 bridgehead atoms. The second kappa shape index (κ2) is 9.84. The summed E-state index contributed by atoms with van der Waals surface area (Å²) in [6, 6.07) is 15.5. The van der Waals surface area contributed by atoms with Crippen molar-refractivity contribution in [2.24, 2.45) is 17.6 Å². The quantitative estimate of drug-likeness (QED) is 0.563. The number of primary amides is 1. The van der Waals surface area contributed by atoms with E-state index in [1.165, 1.54) is 50.2 Å². The van der Waals surface area contributed by atoms with Crippen LogP contribution in [0.4, 0.5) is 5.69 Å². The number of benzene rings is 2. The highest BCUT2D eigenvalue weighted by Crippen LogP contribution is 2.35. The molecule has 5 nitrogen and oxygen atoms in total. The van der Waals surface area contributed by atoms with Crippen molar-refractivity contribution >= 4 is 38.9 Å². The van der Waals surface area contributed by atoms with Gasteiger partial charge in [0.15, 0.2) is 0 Å². The number of carbonyl (C=O) groups excluding carboxylic acids is 2. The Morgan fingerprint density at radius 1 is 1.03 bits per heavy atom. The molecule has 0 aliphatic carbocycles. The molecule has 0 spiro atoms. The number of hydrogen-bond donors (Lipinski definition) is 2. The molecular formula is C26H31N3O2S. The first-order valence-electron chi connectivity index (χ1n) is 11.4. The van der Waals surface area contributed by atoms with Crippen LogP contribution in [0.25, 0.3) is 21.2 Å². The van der Waals surface area contributed by atoms with Gasteiger partial charge in [0, 0.05) is 16.3 Å². The molecule has 0 saturated carbocycles. The van der Waals surface area contributed by atoms with Gasteiger partial charge < -0.3 is 16.0 Å². The van der Waals surface area contributed by atoms with Crippen LogP contribution in [0.15, 0.2) is 48.5 Å². The summed E-state index contributed by atoms with van der Waals surface area (Å²) in [5.41, 5.74) is 8.16. The normalized spacial score (nSPS) is 19.5. The van der Waals surface area contributed by atoms with Gasteiger partial charge in [0.05, 0.1) is 4.88 Å². The minimum absolute atomic E-state index is 0.0162. The number of fused-ring (bicyclic) bond motifs is 4. The average molecular weight is 450 g/mol. The number of rotatable bonds is 4. The van der Waals surface area contributed by atoms with E-state index in [1.54, 1.807) is 0 Å². The van der Waals surface area contributed by atoms with Gasteiger partial charge in [-0.1, -0.05) is 44.2 Å². The SMILES string of the molecule is C1CN2CCC1CC2.CC(C)C(=O)Nc1cccc(-c2cccc3cc(C(N)=O)sc23)c1. The molecule has 1 aromatic heterocycles. The van der Waals surface area contributed by atoms with E-state index < -0.39 is 5.91 Å². The zero-order valence-electron chi connectivity index (χ0n) is 18.8. The predicted molar refractivity (Wildman–Crippen MR) is 133 cm³/mol. The van der Waals surface area contributed by atoms with Crippen LogP contribution in [0, 0.1) is 11.8 Å². The van der Waals surface area contributed by atoms with E-state index in [4.69, 9.17) is 5.73 Å². The third-order valence-electron chi connectivity index (χ3n) is 6.31. The van der Waals surface area contributed by atoms with Crippen molar-refractivity contribution in [2.45, 2.75) is 33.1 Å². The van der Waals surface area contributed by atoms with E-state index >= 15 is 0 Å². The molecule has 2 amide bonds. The monoisotopic (exact) mass is 449 g/mol. The van der Waals surface area contributed by atoms with Crippen LogP contribution in [0.5, 0.6) is 0 Å². The van der Waals surface area contributed by atoms with Gasteiger partial charge in [0.2, 0.25) is 5.91 Å². The largest absolute Gasteiger partial charge is 0.365 e. The summed E-state index contributed by atoms with van der Waals surface area (Å²) < 4.78 is 1.01. The minimum atomic E-state index is -0.417. The number of nitrogens with zero attached hydrogens (tertiary/aromatic N) is 1. The lowest BCUT2D eigenvalue weighted by Crippen LogP contribution is -2.41. The number of hydrogen-bond acceptors (Lipinski definition) is 4. The van der Waals surface area contributed by atoms with Crippen LogP contribution in [-0.4, -0.2) is 36.3 Å². The number of thiophene rings is 1. The molecule has 168 valence electrons. The fourth-order valence-corrected chi connectivity index (χ4v) is 5.37. The Hall–Kier alpha value is -2.70. The Balaban J connectivity index is 0.000000254. The Bertz CT molecular complexity index is 1090. The Kier molecular flexibility index (Phi) is 6.92. The second-order valence-electron chi connectivity index (χ2n) is 9.00. The topological polar surface area (TPSA) is 75.4 Å².